The van der Waals surface area contributed by atoms with Crippen LogP contribution in [-0.4, -0.2) is 18.7 Å². The molecule has 0 atom stereocenters. The van der Waals surface area contributed by atoms with E-state index in [4.69, 9.17) is 4.55 Å². The maximum atomic E-state index is 10.4. The molecule has 0 fully saturated rings. The lowest BCUT2D eigenvalue weighted by molar-refractivity contribution is 0.170. The van der Waals surface area contributed by atoms with Gasteiger partial charge >= 0.3 is 0 Å². The summed E-state index contributed by atoms with van der Waals surface area (Å²) in [7, 11) is -3.83. The van der Waals surface area contributed by atoms with E-state index in [1.54, 1.807) is 12.3 Å². The SMILES string of the molecule is O=S(=O)(O)CCCC1=CNOC=C1. The van der Waals surface area contributed by atoms with Crippen molar-refractivity contribution < 1.29 is 17.8 Å². The number of nitrogens with one attached hydrogen (secondary N) is 1. The minimum absolute atomic E-state index is 0.209. The smallest absolute Gasteiger partial charge is 0.264 e. The van der Waals surface area contributed by atoms with Gasteiger partial charge in [0, 0.05) is 6.20 Å². The minimum Gasteiger partial charge on any atom is -0.391 e. The van der Waals surface area contributed by atoms with E-state index in [1.807, 2.05) is 0 Å². The van der Waals surface area contributed by atoms with Gasteiger partial charge in [0.15, 0.2) is 0 Å². The summed E-state index contributed by atoms with van der Waals surface area (Å²) in [5.74, 6) is -0.209. The third kappa shape index (κ3) is 4.54. The quantitative estimate of drug-likeness (QED) is 0.657. The Bertz CT molecular complexity index is 317. The van der Waals surface area contributed by atoms with Crippen molar-refractivity contribution in [2.75, 3.05) is 5.75 Å². The van der Waals surface area contributed by atoms with Gasteiger partial charge in [-0.15, -0.1) is 0 Å². The predicted molar refractivity (Wildman–Crippen MR) is 47.1 cm³/mol. The first-order chi connectivity index (χ1) is 6.08. The molecule has 0 aliphatic carbocycles. The highest BCUT2D eigenvalue weighted by Gasteiger charge is 2.05. The molecule has 0 aromatic carbocycles. The van der Waals surface area contributed by atoms with Crippen LogP contribution in [0.3, 0.4) is 0 Å². The van der Waals surface area contributed by atoms with E-state index in [1.165, 1.54) is 6.26 Å². The average molecular weight is 205 g/mol. The molecule has 0 radical (unpaired) electrons. The van der Waals surface area contributed by atoms with Crippen LogP contribution in [0.25, 0.3) is 0 Å². The molecule has 74 valence electrons. The van der Waals surface area contributed by atoms with Gasteiger partial charge < -0.3 is 4.84 Å². The van der Waals surface area contributed by atoms with Crippen LogP contribution < -0.4 is 5.48 Å². The molecule has 2 N–H and O–H groups in total. The number of hydrogen-bond donors (Lipinski definition) is 2. The van der Waals surface area contributed by atoms with E-state index in [0.717, 1.165) is 5.57 Å². The van der Waals surface area contributed by atoms with Crippen LogP contribution in [0.1, 0.15) is 12.8 Å². The van der Waals surface area contributed by atoms with E-state index >= 15 is 0 Å². The summed E-state index contributed by atoms with van der Waals surface area (Å²) in [6.07, 6.45) is 5.84. The zero-order valence-corrected chi connectivity index (χ0v) is 7.75. The molecular weight excluding hydrogens is 194 g/mol. The standard InChI is InChI=1S/C7H11NO4S/c9-13(10,11)5-1-2-7-3-4-12-8-6-7/h3-4,6,8H,1-2,5H2,(H,9,10,11). The fraction of sp³-hybridized carbons (Fsp3) is 0.429. The fourth-order valence-electron chi connectivity index (χ4n) is 0.933. The van der Waals surface area contributed by atoms with Gasteiger partial charge in [-0.3, -0.25) is 4.55 Å². The summed E-state index contributed by atoms with van der Waals surface area (Å²) in [5, 5.41) is 0. The molecule has 1 aliphatic rings. The van der Waals surface area contributed by atoms with Crippen LogP contribution in [-0.2, 0) is 15.0 Å². The van der Waals surface area contributed by atoms with Crippen molar-refractivity contribution in [2.24, 2.45) is 0 Å². The molecule has 0 saturated carbocycles. The molecule has 0 aromatic rings. The van der Waals surface area contributed by atoms with Crippen LogP contribution in [0.4, 0.5) is 0 Å². The first kappa shape index (κ1) is 10.1. The number of allylic oxidation sites excluding steroid dienone is 2. The highest BCUT2D eigenvalue weighted by Crippen LogP contribution is 2.09. The van der Waals surface area contributed by atoms with Crippen molar-refractivity contribution in [3.05, 3.63) is 24.1 Å². The van der Waals surface area contributed by atoms with E-state index in [9.17, 15) is 8.42 Å². The molecule has 1 rings (SSSR count). The van der Waals surface area contributed by atoms with Crippen molar-refractivity contribution in [1.29, 1.82) is 0 Å². The number of hydroxylamine groups is 1. The Morgan fingerprint density at radius 1 is 1.54 bits per heavy atom. The van der Waals surface area contributed by atoms with E-state index in [-0.39, 0.29) is 5.75 Å². The van der Waals surface area contributed by atoms with Crippen molar-refractivity contribution in [2.45, 2.75) is 12.8 Å². The maximum absolute atomic E-state index is 10.4. The highest BCUT2D eigenvalue weighted by molar-refractivity contribution is 7.85. The molecule has 0 unspecified atom stereocenters. The first-order valence-corrected chi connectivity index (χ1v) is 5.41. The average Bonchev–Trinajstić information content (AvgIpc) is 2.04. The van der Waals surface area contributed by atoms with Gasteiger partial charge in [0.05, 0.1) is 5.75 Å². The molecule has 6 heteroatoms. The van der Waals surface area contributed by atoms with Crippen LogP contribution in [0.15, 0.2) is 24.1 Å². The normalized spacial score (nSPS) is 15.9. The Balaban J connectivity index is 2.27. The van der Waals surface area contributed by atoms with Crippen LogP contribution >= 0.6 is 0 Å². The van der Waals surface area contributed by atoms with Crippen LogP contribution in [0.2, 0.25) is 0 Å². The van der Waals surface area contributed by atoms with Gasteiger partial charge in [-0.1, -0.05) is 0 Å². The summed E-state index contributed by atoms with van der Waals surface area (Å²) in [5.41, 5.74) is 3.46. The molecule has 5 nitrogen and oxygen atoms in total. The molecule has 1 heterocycles. The Morgan fingerprint density at radius 3 is 2.85 bits per heavy atom. The molecule has 0 saturated heterocycles. The van der Waals surface area contributed by atoms with Gasteiger partial charge in [-0.2, -0.15) is 8.42 Å². The highest BCUT2D eigenvalue weighted by atomic mass is 32.2. The second-order valence-electron chi connectivity index (χ2n) is 2.65. The first-order valence-electron chi connectivity index (χ1n) is 3.80. The largest absolute Gasteiger partial charge is 0.391 e. The summed E-state index contributed by atoms with van der Waals surface area (Å²) in [4.78, 5) is 4.67. The zero-order chi connectivity index (χ0) is 9.73. The van der Waals surface area contributed by atoms with E-state index in [2.05, 4.69) is 10.3 Å². The van der Waals surface area contributed by atoms with Crippen molar-refractivity contribution >= 4 is 10.1 Å². The third-order valence-electron chi connectivity index (χ3n) is 1.53. The van der Waals surface area contributed by atoms with Crippen LogP contribution in [0, 0.1) is 0 Å². The lowest BCUT2D eigenvalue weighted by Crippen LogP contribution is -2.08. The third-order valence-corrected chi connectivity index (χ3v) is 2.33. The molecule has 1 aliphatic heterocycles. The second kappa shape index (κ2) is 4.29. The fourth-order valence-corrected chi connectivity index (χ4v) is 1.44. The monoisotopic (exact) mass is 205 g/mol. The summed E-state index contributed by atoms with van der Waals surface area (Å²) in [6, 6.07) is 0. The minimum atomic E-state index is -3.83. The van der Waals surface area contributed by atoms with Gasteiger partial charge in [-0.25, -0.2) is 5.48 Å². The van der Waals surface area contributed by atoms with E-state index in [0.29, 0.717) is 12.8 Å². The maximum Gasteiger partial charge on any atom is 0.264 e. The zero-order valence-electron chi connectivity index (χ0n) is 6.93. The van der Waals surface area contributed by atoms with Crippen molar-refractivity contribution in [3.63, 3.8) is 0 Å². The predicted octanol–water partition coefficient (Wildman–Crippen LogP) is 0.587. The number of rotatable bonds is 4. The second-order valence-corrected chi connectivity index (χ2v) is 4.22. The summed E-state index contributed by atoms with van der Waals surface area (Å²) in [6.45, 7) is 0. The van der Waals surface area contributed by atoms with Gasteiger partial charge in [0.1, 0.15) is 6.26 Å². The molecule has 0 spiro atoms. The molecule has 0 aromatic heterocycles. The summed E-state index contributed by atoms with van der Waals surface area (Å²) < 4.78 is 29.1. The van der Waals surface area contributed by atoms with Gasteiger partial charge in [0.2, 0.25) is 0 Å². The van der Waals surface area contributed by atoms with Crippen molar-refractivity contribution in [1.82, 2.24) is 5.48 Å². The summed E-state index contributed by atoms with van der Waals surface area (Å²) >= 11 is 0. The molecule has 0 bridgehead atoms. The molecule has 0 amide bonds. The van der Waals surface area contributed by atoms with E-state index < -0.39 is 10.1 Å². The topological polar surface area (TPSA) is 75.6 Å². The lowest BCUT2D eigenvalue weighted by atomic mass is 10.1. The Labute approximate surface area is 76.8 Å². The van der Waals surface area contributed by atoms with Gasteiger partial charge in [0.25, 0.3) is 10.1 Å². The Hall–Kier alpha value is -1.01. The van der Waals surface area contributed by atoms with Crippen molar-refractivity contribution in [3.8, 4) is 0 Å². The Morgan fingerprint density at radius 2 is 2.31 bits per heavy atom. The van der Waals surface area contributed by atoms with Gasteiger partial charge in [-0.05, 0) is 24.5 Å². The molecule has 13 heavy (non-hydrogen) atoms. The lowest BCUT2D eigenvalue weighted by Gasteiger charge is -2.07. The Kier molecular flexibility index (Phi) is 3.32. The van der Waals surface area contributed by atoms with Crippen LogP contribution in [0.5, 0.6) is 0 Å². The number of hydrogen-bond acceptors (Lipinski definition) is 4. The molecular formula is C7H11NO4S.